The molecule has 0 aromatic carbocycles. The molecule has 0 bridgehead atoms. The first-order valence-electron chi connectivity index (χ1n) is 42.5. The van der Waals surface area contributed by atoms with Crippen LogP contribution in [0.3, 0.4) is 0 Å². The number of hydrogen-bond donors (Lipinski definition) is 12. The van der Waals surface area contributed by atoms with Crippen LogP contribution in [0.1, 0.15) is 341 Å². The van der Waals surface area contributed by atoms with Crippen LogP contribution in [0.15, 0.2) is 60.8 Å². The molecule has 19 heteroatoms. The smallest absolute Gasteiger partial charge is 0.220 e. The molecule has 1 amide bonds. The van der Waals surface area contributed by atoms with Crippen molar-refractivity contribution in [2.24, 2.45) is 0 Å². The third kappa shape index (κ3) is 44.4. The van der Waals surface area contributed by atoms with Gasteiger partial charge in [-0.05, 0) is 70.6 Å². The van der Waals surface area contributed by atoms with Crippen LogP contribution in [0.5, 0.6) is 0 Å². The molecule has 608 valence electrons. The van der Waals surface area contributed by atoms with E-state index in [0.29, 0.717) is 12.8 Å². The van der Waals surface area contributed by atoms with E-state index < -0.39 is 124 Å². The molecule has 0 spiro atoms. The minimum Gasteiger partial charge on any atom is -0.394 e. The number of carbonyl (C=O) groups excluding carboxylic acids is 1. The maximum atomic E-state index is 13.5. The molecule has 0 aromatic rings. The van der Waals surface area contributed by atoms with Crippen molar-refractivity contribution in [3.63, 3.8) is 0 Å². The molecule has 3 saturated heterocycles. The maximum absolute atomic E-state index is 13.5. The van der Waals surface area contributed by atoms with Crippen LogP contribution in [0.25, 0.3) is 0 Å². The summed E-state index contributed by atoms with van der Waals surface area (Å²) in [4.78, 5) is 13.5. The van der Waals surface area contributed by atoms with E-state index in [9.17, 15) is 61.0 Å². The van der Waals surface area contributed by atoms with Crippen molar-refractivity contribution in [3.8, 4) is 0 Å². The van der Waals surface area contributed by atoms with Crippen LogP contribution >= 0.6 is 0 Å². The van der Waals surface area contributed by atoms with Gasteiger partial charge in [-0.3, -0.25) is 4.79 Å². The first kappa shape index (κ1) is 95.7. The summed E-state index contributed by atoms with van der Waals surface area (Å²) >= 11 is 0. The second-order valence-electron chi connectivity index (χ2n) is 30.3. The molecule has 17 unspecified atom stereocenters. The molecule has 3 heterocycles. The predicted octanol–water partition coefficient (Wildman–Crippen LogP) is 15.0. The van der Waals surface area contributed by atoms with Crippen molar-refractivity contribution in [3.05, 3.63) is 60.8 Å². The predicted molar refractivity (Wildman–Crippen MR) is 415 cm³/mol. The number of nitrogens with one attached hydrogen (secondary N) is 1. The van der Waals surface area contributed by atoms with Gasteiger partial charge in [0.2, 0.25) is 5.91 Å². The van der Waals surface area contributed by atoms with Crippen LogP contribution in [0, 0.1) is 0 Å². The number of aliphatic hydroxyl groups excluding tert-OH is 11. The lowest BCUT2D eigenvalue weighted by molar-refractivity contribution is -0.379. The Morgan fingerprint density at radius 3 is 1.03 bits per heavy atom. The first-order chi connectivity index (χ1) is 50.8. The Balaban J connectivity index is 1.37. The highest BCUT2D eigenvalue weighted by Crippen LogP contribution is 2.33. The molecule has 0 aromatic heterocycles. The Hall–Kier alpha value is -2.51. The average Bonchev–Trinajstić information content (AvgIpc) is 0.783. The zero-order valence-corrected chi connectivity index (χ0v) is 65.3. The summed E-state index contributed by atoms with van der Waals surface area (Å²) in [6, 6.07) is -0.994. The molecule has 3 aliphatic heterocycles. The topological polar surface area (TPSA) is 307 Å². The van der Waals surface area contributed by atoms with E-state index in [1.54, 1.807) is 6.08 Å². The van der Waals surface area contributed by atoms with Crippen LogP contribution in [-0.4, -0.2) is 193 Å². The van der Waals surface area contributed by atoms with Gasteiger partial charge in [-0.1, -0.05) is 325 Å². The molecule has 17 atom stereocenters. The minimum absolute atomic E-state index is 0.235. The van der Waals surface area contributed by atoms with Crippen LogP contribution in [0.2, 0.25) is 0 Å². The lowest BCUT2D eigenvalue weighted by Crippen LogP contribution is -2.66. The van der Waals surface area contributed by atoms with Crippen molar-refractivity contribution >= 4 is 5.91 Å². The number of amides is 1. The van der Waals surface area contributed by atoms with Gasteiger partial charge in [-0.15, -0.1) is 0 Å². The fourth-order valence-electron chi connectivity index (χ4n) is 14.2. The molecule has 0 radical (unpaired) electrons. The lowest BCUT2D eigenvalue weighted by Gasteiger charge is -2.48. The van der Waals surface area contributed by atoms with Gasteiger partial charge >= 0.3 is 0 Å². The van der Waals surface area contributed by atoms with Gasteiger partial charge in [-0.2, -0.15) is 0 Å². The fraction of sp³-hybridized carbons (Fsp3) is 0.871. The van der Waals surface area contributed by atoms with E-state index in [4.69, 9.17) is 28.4 Å². The van der Waals surface area contributed by atoms with Gasteiger partial charge in [0.05, 0.1) is 38.6 Å². The molecular weight excluding hydrogens is 1320 g/mol. The lowest BCUT2D eigenvalue weighted by atomic mass is 9.96. The van der Waals surface area contributed by atoms with Crippen molar-refractivity contribution < 1.29 is 89.4 Å². The van der Waals surface area contributed by atoms with Crippen LogP contribution in [0.4, 0.5) is 0 Å². The number of aliphatic hydroxyl groups is 11. The molecule has 104 heavy (non-hydrogen) atoms. The number of rotatable bonds is 68. The summed E-state index contributed by atoms with van der Waals surface area (Å²) in [5.41, 5.74) is 0. The third-order valence-corrected chi connectivity index (χ3v) is 21.0. The maximum Gasteiger partial charge on any atom is 0.220 e. The highest BCUT2D eigenvalue weighted by molar-refractivity contribution is 5.76. The van der Waals surface area contributed by atoms with Gasteiger partial charge in [0.25, 0.3) is 0 Å². The van der Waals surface area contributed by atoms with E-state index in [1.165, 1.54) is 257 Å². The van der Waals surface area contributed by atoms with Crippen molar-refractivity contribution in [1.82, 2.24) is 5.32 Å². The number of hydrogen-bond acceptors (Lipinski definition) is 18. The molecular formula is C85H155NO18. The van der Waals surface area contributed by atoms with E-state index in [-0.39, 0.29) is 18.9 Å². The van der Waals surface area contributed by atoms with E-state index >= 15 is 0 Å². The SMILES string of the molecule is CCCCCCC/C=C\C/C=C\C/C=C\CCCCCCCCCCCCCCCCCCC(=O)NC(COC1OC(CO)C(OC2OC(CO)C(OC3OC(CO)C(O)C(O)C3O)C(O)C2O)C(O)C1O)C(O)/C=C/CC/C=C/CCCCCCCCCCCCCCCCCCCCCCCC. The van der Waals surface area contributed by atoms with Crippen LogP contribution in [-0.2, 0) is 33.2 Å². The van der Waals surface area contributed by atoms with Gasteiger partial charge in [0, 0.05) is 6.42 Å². The standard InChI is InChI=1S/C85H155NO18/c1-3-5-7-9-11-13-15-17-19-21-23-25-27-29-31-33-34-35-37-39-41-43-45-47-49-51-53-55-57-59-61-63-73(91)86-68(69(90)62-60-58-56-54-52-50-48-46-44-42-40-38-36-32-30-28-26-24-22-20-18-16-14-12-10-8-6-4-2)67-99-83-79(97)76(94)81(71(65-88)101-83)104-85-80(98)77(95)82(72(66-89)102-85)103-84-78(96)75(93)74(92)70(64-87)100-84/h15,17,21,23,27,29,52,54,60,62,68-72,74-85,87-90,92-98H,3-14,16,18-20,22,24-26,28,30-51,53,55-59,61,63-67H2,1-2H3,(H,86,91)/b17-15-,23-21-,29-27-,54-52+,62-60+. The van der Waals surface area contributed by atoms with Gasteiger partial charge in [0.1, 0.15) is 73.2 Å². The highest BCUT2D eigenvalue weighted by atomic mass is 16.8. The second-order valence-corrected chi connectivity index (χ2v) is 30.3. The molecule has 3 aliphatic rings. The Labute approximate surface area is 630 Å². The van der Waals surface area contributed by atoms with Crippen LogP contribution < -0.4 is 5.32 Å². The zero-order chi connectivity index (χ0) is 75.3. The van der Waals surface area contributed by atoms with E-state index in [2.05, 4.69) is 67.8 Å². The number of carbonyl (C=O) groups is 1. The molecule has 3 rings (SSSR count). The fourth-order valence-corrected chi connectivity index (χ4v) is 14.2. The minimum atomic E-state index is -1.98. The number of allylic oxidation sites excluding steroid dienone is 9. The molecule has 0 saturated carbocycles. The monoisotopic (exact) mass is 1480 g/mol. The van der Waals surface area contributed by atoms with Gasteiger partial charge < -0.3 is 89.9 Å². The summed E-state index contributed by atoms with van der Waals surface area (Å²) in [6.45, 7) is 1.75. The average molecular weight is 1480 g/mol. The third-order valence-electron chi connectivity index (χ3n) is 21.0. The Kier molecular flexibility index (Phi) is 60.0. The quantitative estimate of drug-likeness (QED) is 0.0199. The highest BCUT2D eigenvalue weighted by Gasteiger charge is 2.54. The Bertz CT molecular complexity index is 2110. The summed E-state index contributed by atoms with van der Waals surface area (Å²) < 4.78 is 34.5. The number of ether oxygens (including phenoxy) is 6. The van der Waals surface area contributed by atoms with Gasteiger partial charge in [-0.25, -0.2) is 0 Å². The second kappa shape index (κ2) is 65.2. The van der Waals surface area contributed by atoms with Crippen molar-refractivity contribution in [2.75, 3.05) is 26.4 Å². The number of unbranched alkanes of at least 4 members (excludes halogenated alkanes) is 44. The largest absolute Gasteiger partial charge is 0.394 e. The summed E-state index contributed by atoms with van der Waals surface area (Å²) in [5.74, 6) is -0.282. The van der Waals surface area contributed by atoms with E-state index in [1.807, 2.05) is 6.08 Å². The van der Waals surface area contributed by atoms with Crippen molar-refractivity contribution in [1.29, 1.82) is 0 Å². The summed E-state index contributed by atoms with van der Waals surface area (Å²) in [5, 5.41) is 121. The Morgan fingerprint density at radius 1 is 0.346 bits per heavy atom. The first-order valence-corrected chi connectivity index (χ1v) is 42.5. The molecule has 19 nitrogen and oxygen atoms in total. The van der Waals surface area contributed by atoms with Crippen molar-refractivity contribution in [2.45, 2.75) is 446 Å². The normalized spacial score (nSPS) is 26.2. The Morgan fingerprint density at radius 2 is 0.644 bits per heavy atom. The molecule has 12 N–H and O–H groups in total. The summed E-state index contributed by atoms with van der Waals surface area (Å²) in [6.07, 6.45) is 57.9. The zero-order valence-electron chi connectivity index (χ0n) is 65.3. The molecule has 3 fully saturated rings. The molecule has 0 aliphatic carbocycles. The van der Waals surface area contributed by atoms with Gasteiger partial charge in [0.15, 0.2) is 18.9 Å². The van der Waals surface area contributed by atoms with E-state index in [0.717, 1.165) is 51.4 Å². The summed E-state index contributed by atoms with van der Waals surface area (Å²) in [7, 11) is 0.